The van der Waals surface area contributed by atoms with E-state index in [9.17, 15) is 0 Å². The van der Waals surface area contributed by atoms with Gasteiger partial charge in [-0.15, -0.1) is 0 Å². The number of anilines is 2. The van der Waals surface area contributed by atoms with Crippen molar-refractivity contribution in [3.05, 3.63) is 192 Å². The van der Waals surface area contributed by atoms with Crippen LogP contribution in [0.1, 0.15) is 53.5 Å². The van der Waals surface area contributed by atoms with Gasteiger partial charge < -0.3 is 9.47 Å². The molecule has 3 atom stereocenters. The summed E-state index contributed by atoms with van der Waals surface area (Å²) in [4.78, 5) is 2.51. The molecule has 0 N–H and O–H groups in total. The summed E-state index contributed by atoms with van der Waals surface area (Å²) in [5, 5.41) is 8.18. The van der Waals surface area contributed by atoms with Gasteiger partial charge in [0.25, 0.3) is 0 Å². The van der Waals surface area contributed by atoms with Crippen LogP contribution in [0.15, 0.2) is 169 Å². The molecule has 2 heteroatoms. The number of fused-ring (bicyclic) bond motifs is 8. The smallest absolute Gasteiger partial charge is 0.0629 e. The Morgan fingerprint density at radius 3 is 1.98 bits per heavy atom. The molecule has 2 aliphatic carbocycles. The summed E-state index contributed by atoms with van der Waals surface area (Å²) in [6.07, 6.45) is 16.0. The van der Waals surface area contributed by atoms with Gasteiger partial charge in [-0.1, -0.05) is 133 Å². The Kier molecular flexibility index (Phi) is 7.49. The maximum Gasteiger partial charge on any atom is 0.0629 e. The molecule has 1 aromatic heterocycles. The Labute approximate surface area is 323 Å². The first-order chi connectivity index (χ1) is 27.1. The number of aromatic nitrogens is 1. The summed E-state index contributed by atoms with van der Waals surface area (Å²) < 4.78 is 2.61. The van der Waals surface area contributed by atoms with E-state index >= 15 is 0 Å². The molecule has 2 nitrogen and oxygen atoms in total. The molecule has 0 saturated heterocycles. The number of nitrogens with zero attached hydrogens (tertiary/aromatic N) is 2. The highest BCUT2D eigenvalue weighted by molar-refractivity contribution is 6.08. The van der Waals surface area contributed by atoms with Crippen molar-refractivity contribution in [1.29, 1.82) is 0 Å². The monoisotopic (exact) mass is 708 g/mol. The largest absolute Gasteiger partial charge is 0.337 e. The summed E-state index contributed by atoms with van der Waals surface area (Å²) in [7, 11) is 0. The molecule has 3 aliphatic rings. The first-order valence-corrected chi connectivity index (χ1v) is 20.1. The normalized spacial score (nSPS) is 19.1. The molecule has 2 heterocycles. The fourth-order valence-electron chi connectivity index (χ4n) is 10.3. The van der Waals surface area contributed by atoms with Gasteiger partial charge in [0.05, 0.1) is 6.04 Å². The Hall–Kier alpha value is -6.12. The number of aryl methyl sites for hydroxylation is 2. The van der Waals surface area contributed by atoms with Gasteiger partial charge in [0.1, 0.15) is 0 Å². The van der Waals surface area contributed by atoms with Crippen LogP contribution in [0, 0.1) is 13.8 Å². The lowest BCUT2D eigenvalue weighted by atomic mass is 9.87. The minimum Gasteiger partial charge on any atom is -0.337 e. The zero-order chi connectivity index (χ0) is 36.6. The molecule has 0 fully saturated rings. The second kappa shape index (κ2) is 12.7. The van der Waals surface area contributed by atoms with Crippen LogP contribution in [0.3, 0.4) is 0 Å². The molecule has 3 unspecified atom stereocenters. The number of hydrogen-bond acceptors (Lipinski definition) is 1. The zero-order valence-corrected chi connectivity index (χ0v) is 31.5. The zero-order valence-electron chi connectivity index (χ0n) is 31.5. The van der Waals surface area contributed by atoms with Crippen LogP contribution >= 0.6 is 0 Å². The number of para-hydroxylation sites is 3. The first-order valence-electron chi connectivity index (χ1n) is 20.1. The van der Waals surface area contributed by atoms with E-state index in [2.05, 4.69) is 187 Å². The number of hydrogen-bond donors (Lipinski definition) is 0. The molecular weight excluding hydrogens is 665 g/mol. The summed E-state index contributed by atoms with van der Waals surface area (Å²) in [6.45, 7) is 4.62. The fourth-order valence-corrected chi connectivity index (χ4v) is 10.3. The lowest BCUT2D eigenvalue weighted by Crippen LogP contribution is -2.28. The van der Waals surface area contributed by atoms with Crippen molar-refractivity contribution in [2.75, 3.05) is 4.90 Å². The quantitative estimate of drug-likeness (QED) is 0.128. The summed E-state index contributed by atoms with van der Waals surface area (Å²) in [6, 6.07) is 51.0. The highest BCUT2D eigenvalue weighted by Gasteiger charge is 2.37. The van der Waals surface area contributed by atoms with E-state index in [1.54, 1.807) is 5.57 Å². The van der Waals surface area contributed by atoms with E-state index < -0.39 is 0 Å². The fraction of sp³-hybridized carbons (Fsp3) is 0.170. The third-order valence-electron chi connectivity index (χ3n) is 13.0. The van der Waals surface area contributed by atoms with E-state index in [4.69, 9.17) is 0 Å². The van der Waals surface area contributed by atoms with Crippen LogP contribution in [0.25, 0.3) is 54.5 Å². The molecule has 0 amide bonds. The van der Waals surface area contributed by atoms with Gasteiger partial charge >= 0.3 is 0 Å². The minimum absolute atomic E-state index is 0.317. The molecule has 0 saturated carbocycles. The van der Waals surface area contributed by atoms with Gasteiger partial charge in [-0.2, -0.15) is 0 Å². The number of rotatable bonds is 5. The van der Waals surface area contributed by atoms with E-state index in [0.717, 1.165) is 19.3 Å². The van der Waals surface area contributed by atoms with E-state index in [0.29, 0.717) is 18.0 Å². The Morgan fingerprint density at radius 2 is 1.24 bits per heavy atom. The minimum atomic E-state index is 0.317. The van der Waals surface area contributed by atoms with Gasteiger partial charge in [-0.25, -0.2) is 0 Å². The number of benzene rings is 7. The van der Waals surface area contributed by atoms with Crippen molar-refractivity contribution in [2.24, 2.45) is 0 Å². The van der Waals surface area contributed by atoms with Crippen LogP contribution in [0.5, 0.6) is 0 Å². The molecule has 0 spiro atoms. The van der Waals surface area contributed by atoms with Crippen molar-refractivity contribution < 1.29 is 0 Å². The molecule has 0 bridgehead atoms. The summed E-state index contributed by atoms with van der Waals surface area (Å²) >= 11 is 0. The second-order valence-electron chi connectivity index (χ2n) is 16.0. The molecule has 55 heavy (non-hydrogen) atoms. The molecule has 11 rings (SSSR count). The van der Waals surface area contributed by atoms with Gasteiger partial charge in [0.15, 0.2) is 0 Å². The molecule has 7 aromatic carbocycles. The van der Waals surface area contributed by atoms with Crippen LogP contribution in [-0.4, -0.2) is 10.6 Å². The average Bonchev–Trinajstić information content (AvgIpc) is 3.76. The summed E-state index contributed by atoms with van der Waals surface area (Å²) in [5.74, 6) is 0.397. The van der Waals surface area contributed by atoms with Crippen LogP contribution in [-0.2, 0) is 6.42 Å². The lowest BCUT2D eigenvalue weighted by molar-refractivity contribution is 0.472. The van der Waals surface area contributed by atoms with Crippen LogP contribution in [0.2, 0.25) is 0 Å². The Morgan fingerprint density at radius 1 is 0.582 bits per heavy atom. The molecule has 0 radical (unpaired) electrons. The second-order valence-corrected chi connectivity index (χ2v) is 16.0. The van der Waals surface area contributed by atoms with Crippen molar-refractivity contribution in [3.8, 4) is 11.1 Å². The van der Waals surface area contributed by atoms with E-state index in [1.165, 1.54) is 94.5 Å². The highest BCUT2D eigenvalue weighted by Crippen LogP contribution is 2.48. The van der Waals surface area contributed by atoms with Gasteiger partial charge in [0, 0.05) is 45.1 Å². The lowest BCUT2D eigenvalue weighted by Gasteiger charge is -2.28. The van der Waals surface area contributed by atoms with Gasteiger partial charge in [-0.3, -0.25) is 0 Å². The van der Waals surface area contributed by atoms with E-state index in [1.807, 2.05) is 0 Å². The molecule has 8 aromatic rings. The molecule has 1 aliphatic heterocycles. The number of allylic oxidation sites excluding steroid dienone is 4. The molecule has 266 valence electrons. The highest BCUT2D eigenvalue weighted by atomic mass is 15.2. The van der Waals surface area contributed by atoms with Crippen molar-refractivity contribution in [3.63, 3.8) is 0 Å². The standard InChI is InChI=1S/C53H44N2/c1-34-43-30-24-39(38-22-27-41(28-23-38)55-52-17-9-5-13-46(52)47-14-6-10-18-53(47)55)33-49(43)35(2)42-29-21-37(32-48(34)42)31-36-19-25-40(26-20-36)54-50-15-7-3-11-44(50)45-12-4-8-16-51(45)54/h3-19,21-24,27-30,32-33,40,46,52H,20,25-26,31H2,1-2H3. The Bertz CT molecular complexity index is 2860. The van der Waals surface area contributed by atoms with E-state index in [-0.39, 0.29) is 0 Å². The third kappa shape index (κ3) is 5.15. The predicted octanol–water partition coefficient (Wildman–Crippen LogP) is 14.0. The van der Waals surface area contributed by atoms with Gasteiger partial charge in [0.2, 0.25) is 0 Å². The topological polar surface area (TPSA) is 8.17 Å². The third-order valence-corrected chi connectivity index (χ3v) is 13.0. The Balaban J connectivity index is 0.861. The maximum atomic E-state index is 2.61. The summed E-state index contributed by atoms with van der Waals surface area (Å²) in [5.41, 5.74) is 14.9. The molecular formula is C53H44N2. The maximum absolute atomic E-state index is 2.61. The SMILES string of the molecule is Cc1c2ccc(-c3ccc(N4c5ccccc5C5C=CC=CC54)cc3)cc2c(C)c2ccc(CC3=CCC(n4c5ccccc5c5ccccc54)CC3)cc12. The predicted molar refractivity (Wildman–Crippen MR) is 234 cm³/mol. The first kappa shape index (κ1) is 32.3. The average molecular weight is 709 g/mol. The van der Waals surface area contributed by atoms with Crippen molar-refractivity contribution in [1.82, 2.24) is 4.57 Å². The van der Waals surface area contributed by atoms with Crippen LogP contribution < -0.4 is 4.90 Å². The van der Waals surface area contributed by atoms with Crippen LogP contribution in [0.4, 0.5) is 11.4 Å². The van der Waals surface area contributed by atoms with Crippen molar-refractivity contribution >= 4 is 54.7 Å². The van der Waals surface area contributed by atoms with Gasteiger partial charge in [-0.05, 0) is 131 Å². The van der Waals surface area contributed by atoms with Crippen molar-refractivity contribution in [2.45, 2.75) is 57.5 Å².